The number of nitrogens with zero attached hydrogens (tertiary/aromatic N) is 1. The van der Waals surface area contributed by atoms with Crippen molar-refractivity contribution in [1.82, 2.24) is 5.32 Å². The molecule has 1 rings (SSSR count). The van der Waals surface area contributed by atoms with Crippen molar-refractivity contribution < 1.29 is 9.18 Å². The van der Waals surface area contributed by atoms with Crippen LogP contribution in [-0.2, 0) is 11.3 Å². The quantitative estimate of drug-likeness (QED) is 0.686. The second-order valence-electron chi connectivity index (χ2n) is 2.42. The van der Waals surface area contributed by atoms with Gasteiger partial charge in [0.2, 0.25) is 0 Å². The Labute approximate surface area is 74.8 Å². The van der Waals surface area contributed by atoms with Crippen LogP contribution in [0.15, 0.2) is 24.3 Å². The van der Waals surface area contributed by atoms with Gasteiger partial charge in [-0.25, -0.2) is 4.39 Å². The number of benzene rings is 1. The number of hydrogen-bond donors (Lipinski definition) is 1. The third-order valence-electron chi connectivity index (χ3n) is 1.44. The fraction of sp³-hybridized carbons (Fsp3) is 0.111. The summed E-state index contributed by atoms with van der Waals surface area (Å²) in [5, 5.41) is 10.4. The molecule has 0 spiro atoms. The molecule has 1 N–H and O–H groups in total. The van der Waals surface area contributed by atoms with Gasteiger partial charge in [0.1, 0.15) is 5.82 Å². The van der Waals surface area contributed by atoms with E-state index < -0.39 is 5.91 Å². The minimum absolute atomic E-state index is 0.171. The van der Waals surface area contributed by atoms with Crippen LogP contribution in [0.5, 0.6) is 0 Å². The van der Waals surface area contributed by atoms with Gasteiger partial charge < -0.3 is 5.32 Å². The van der Waals surface area contributed by atoms with Crippen LogP contribution in [0.25, 0.3) is 0 Å². The molecular formula is C9H7FN2O. The standard InChI is InChI=1S/C9H7FN2O/c10-8-3-1-2-7(4-8)6-12-9(13)5-11/h1-4H,6H2,(H,12,13). The molecule has 0 unspecified atom stereocenters. The molecule has 0 bridgehead atoms. The van der Waals surface area contributed by atoms with Crippen LogP contribution >= 0.6 is 0 Å². The monoisotopic (exact) mass is 178 g/mol. The van der Waals surface area contributed by atoms with Crippen molar-refractivity contribution in [3.05, 3.63) is 35.6 Å². The average Bonchev–Trinajstić information content (AvgIpc) is 2.14. The summed E-state index contributed by atoms with van der Waals surface area (Å²) in [5.41, 5.74) is 0.628. The Kier molecular flexibility index (Phi) is 2.98. The first-order chi connectivity index (χ1) is 6.22. The molecule has 0 aromatic heterocycles. The number of carbonyl (C=O) groups is 1. The molecule has 1 aromatic carbocycles. The number of nitriles is 1. The van der Waals surface area contributed by atoms with E-state index in [9.17, 15) is 9.18 Å². The Bertz CT molecular complexity index is 357. The molecule has 1 amide bonds. The molecule has 0 heterocycles. The molecule has 0 atom stereocenters. The van der Waals surface area contributed by atoms with Crippen LogP contribution < -0.4 is 5.32 Å². The normalized spacial score (nSPS) is 8.92. The number of carbonyl (C=O) groups excluding carboxylic acids is 1. The van der Waals surface area contributed by atoms with Crippen molar-refractivity contribution in [2.75, 3.05) is 0 Å². The van der Waals surface area contributed by atoms with Gasteiger partial charge in [-0.15, -0.1) is 0 Å². The minimum Gasteiger partial charge on any atom is -0.339 e. The van der Waals surface area contributed by atoms with E-state index in [-0.39, 0.29) is 12.4 Å². The molecule has 0 fully saturated rings. The van der Waals surface area contributed by atoms with Gasteiger partial charge in [-0.2, -0.15) is 5.26 Å². The van der Waals surface area contributed by atoms with E-state index in [1.54, 1.807) is 12.1 Å². The maximum Gasteiger partial charge on any atom is 0.322 e. The van der Waals surface area contributed by atoms with E-state index in [1.165, 1.54) is 18.2 Å². The number of amides is 1. The second-order valence-corrected chi connectivity index (χ2v) is 2.42. The van der Waals surface area contributed by atoms with Gasteiger partial charge in [0, 0.05) is 6.54 Å². The maximum atomic E-state index is 12.6. The first kappa shape index (κ1) is 9.20. The summed E-state index contributed by atoms with van der Waals surface area (Å²) >= 11 is 0. The SMILES string of the molecule is N#CC(=O)NCc1cccc(F)c1. The summed E-state index contributed by atoms with van der Waals surface area (Å²) in [5.74, 6) is -1.08. The first-order valence-corrected chi connectivity index (χ1v) is 3.65. The van der Waals surface area contributed by atoms with Gasteiger partial charge in [0.15, 0.2) is 6.07 Å². The minimum atomic E-state index is -0.718. The Balaban J connectivity index is 2.56. The molecule has 13 heavy (non-hydrogen) atoms. The van der Waals surface area contributed by atoms with Crippen LogP contribution in [0.3, 0.4) is 0 Å². The van der Waals surface area contributed by atoms with E-state index in [4.69, 9.17) is 5.26 Å². The van der Waals surface area contributed by atoms with Crippen LogP contribution in [0.4, 0.5) is 4.39 Å². The van der Waals surface area contributed by atoms with Gasteiger partial charge in [-0.3, -0.25) is 4.79 Å². The van der Waals surface area contributed by atoms with Gasteiger partial charge in [-0.1, -0.05) is 12.1 Å². The van der Waals surface area contributed by atoms with E-state index in [0.29, 0.717) is 5.56 Å². The van der Waals surface area contributed by atoms with Crippen molar-refractivity contribution in [3.8, 4) is 6.07 Å². The Morgan fingerprint density at radius 2 is 2.38 bits per heavy atom. The lowest BCUT2D eigenvalue weighted by atomic mass is 10.2. The molecule has 0 aliphatic heterocycles. The summed E-state index contributed by atoms with van der Waals surface area (Å²) in [7, 11) is 0. The maximum absolute atomic E-state index is 12.6. The molecule has 0 aliphatic carbocycles. The number of hydrogen-bond acceptors (Lipinski definition) is 2. The van der Waals surface area contributed by atoms with Crippen LogP contribution in [0.1, 0.15) is 5.56 Å². The van der Waals surface area contributed by atoms with E-state index in [0.717, 1.165) is 0 Å². The average molecular weight is 178 g/mol. The molecule has 0 aliphatic rings. The van der Waals surface area contributed by atoms with Crippen molar-refractivity contribution >= 4 is 5.91 Å². The van der Waals surface area contributed by atoms with Gasteiger partial charge >= 0.3 is 5.91 Å². The predicted octanol–water partition coefficient (Wildman–Crippen LogP) is 0.965. The third-order valence-corrected chi connectivity index (χ3v) is 1.44. The van der Waals surface area contributed by atoms with Crippen molar-refractivity contribution in [1.29, 1.82) is 5.26 Å². The highest BCUT2D eigenvalue weighted by atomic mass is 19.1. The zero-order valence-electron chi connectivity index (χ0n) is 6.75. The highest BCUT2D eigenvalue weighted by molar-refractivity contribution is 5.91. The lowest BCUT2D eigenvalue weighted by molar-refractivity contribution is -0.116. The smallest absolute Gasteiger partial charge is 0.322 e. The van der Waals surface area contributed by atoms with Crippen LogP contribution in [-0.4, -0.2) is 5.91 Å². The summed E-state index contributed by atoms with van der Waals surface area (Å²) in [6.07, 6.45) is 0. The molecule has 0 saturated heterocycles. The van der Waals surface area contributed by atoms with Gasteiger partial charge in [0.25, 0.3) is 0 Å². The van der Waals surface area contributed by atoms with Crippen LogP contribution in [0, 0.1) is 17.1 Å². The highest BCUT2D eigenvalue weighted by Gasteiger charge is 1.98. The number of nitrogens with one attached hydrogen (secondary N) is 1. The molecule has 0 radical (unpaired) electrons. The lowest BCUT2D eigenvalue weighted by Gasteiger charge is -1.99. The topological polar surface area (TPSA) is 52.9 Å². The van der Waals surface area contributed by atoms with Crippen LogP contribution in [0.2, 0.25) is 0 Å². The molecular weight excluding hydrogens is 171 g/mol. The summed E-state index contributed by atoms with van der Waals surface area (Å²) in [6, 6.07) is 7.24. The zero-order valence-corrected chi connectivity index (χ0v) is 6.75. The Hall–Kier alpha value is -1.89. The summed E-state index contributed by atoms with van der Waals surface area (Å²) in [6.45, 7) is 0.171. The van der Waals surface area contributed by atoms with Gasteiger partial charge in [-0.05, 0) is 17.7 Å². The molecule has 1 aromatic rings. The van der Waals surface area contributed by atoms with Crippen molar-refractivity contribution in [2.45, 2.75) is 6.54 Å². The largest absolute Gasteiger partial charge is 0.339 e. The Morgan fingerprint density at radius 3 is 3.00 bits per heavy atom. The zero-order chi connectivity index (χ0) is 9.68. The summed E-state index contributed by atoms with van der Waals surface area (Å²) in [4.78, 5) is 10.5. The second kappa shape index (κ2) is 4.21. The first-order valence-electron chi connectivity index (χ1n) is 3.65. The predicted molar refractivity (Wildman–Crippen MR) is 43.9 cm³/mol. The molecule has 3 nitrogen and oxygen atoms in total. The highest BCUT2D eigenvalue weighted by Crippen LogP contribution is 2.02. The fourth-order valence-corrected chi connectivity index (χ4v) is 0.869. The van der Waals surface area contributed by atoms with E-state index in [1.807, 2.05) is 0 Å². The lowest BCUT2D eigenvalue weighted by Crippen LogP contribution is -2.20. The number of rotatable bonds is 2. The van der Waals surface area contributed by atoms with E-state index >= 15 is 0 Å². The summed E-state index contributed by atoms with van der Waals surface area (Å²) < 4.78 is 12.6. The fourth-order valence-electron chi connectivity index (χ4n) is 0.869. The van der Waals surface area contributed by atoms with E-state index in [2.05, 4.69) is 5.32 Å². The third kappa shape index (κ3) is 2.91. The molecule has 4 heteroatoms. The van der Waals surface area contributed by atoms with Crippen molar-refractivity contribution in [3.63, 3.8) is 0 Å². The van der Waals surface area contributed by atoms with Crippen molar-refractivity contribution in [2.24, 2.45) is 0 Å². The molecule has 66 valence electrons. The Morgan fingerprint density at radius 1 is 1.62 bits per heavy atom. The molecule has 0 saturated carbocycles. The number of halogens is 1. The van der Waals surface area contributed by atoms with Gasteiger partial charge in [0.05, 0.1) is 0 Å².